The molecular formula is C18H20F3N5OS. The maximum absolute atomic E-state index is 13.3. The Labute approximate surface area is 162 Å². The molecule has 2 N–H and O–H groups in total. The van der Waals surface area contributed by atoms with E-state index in [4.69, 9.17) is 0 Å². The smallest absolute Gasteiger partial charge is 0.319 e. The van der Waals surface area contributed by atoms with Gasteiger partial charge in [0.2, 0.25) is 0 Å². The van der Waals surface area contributed by atoms with Gasteiger partial charge in [0.15, 0.2) is 5.69 Å². The molecule has 3 heterocycles. The highest BCUT2D eigenvalue weighted by Gasteiger charge is 2.37. The van der Waals surface area contributed by atoms with Crippen LogP contribution in [-0.4, -0.2) is 33.3 Å². The number of fused-ring (bicyclic) bond motifs is 3. The lowest BCUT2D eigenvalue weighted by Gasteiger charge is -2.09. The van der Waals surface area contributed by atoms with Gasteiger partial charge in [0.05, 0.1) is 11.9 Å². The van der Waals surface area contributed by atoms with E-state index < -0.39 is 11.9 Å². The van der Waals surface area contributed by atoms with E-state index in [2.05, 4.69) is 20.4 Å². The van der Waals surface area contributed by atoms with Crippen LogP contribution < -0.4 is 10.9 Å². The van der Waals surface area contributed by atoms with Crippen LogP contribution in [0.25, 0.3) is 10.2 Å². The molecule has 0 saturated carbocycles. The third-order valence-electron chi connectivity index (χ3n) is 4.94. The van der Waals surface area contributed by atoms with E-state index in [-0.39, 0.29) is 24.1 Å². The molecular weight excluding hydrogens is 391 g/mol. The molecule has 0 aliphatic heterocycles. The Bertz CT molecular complexity index is 1070. The summed E-state index contributed by atoms with van der Waals surface area (Å²) in [5.41, 5.74) is 0.0898. The Balaban J connectivity index is 1.68. The van der Waals surface area contributed by atoms with Crippen LogP contribution >= 0.6 is 11.3 Å². The molecule has 28 heavy (non-hydrogen) atoms. The molecule has 0 atom stereocenters. The summed E-state index contributed by atoms with van der Waals surface area (Å²) in [4.78, 5) is 21.7. The van der Waals surface area contributed by atoms with Gasteiger partial charge in [-0.1, -0.05) is 0 Å². The van der Waals surface area contributed by atoms with Crippen molar-refractivity contribution in [3.63, 3.8) is 0 Å². The van der Waals surface area contributed by atoms with Crippen LogP contribution in [-0.2, 0) is 32.0 Å². The topological polar surface area (TPSA) is 75.6 Å². The first kappa shape index (κ1) is 19.1. The normalized spacial score (nSPS) is 14.6. The molecule has 3 aromatic rings. The van der Waals surface area contributed by atoms with Crippen molar-refractivity contribution in [3.05, 3.63) is 44.1 Å². The molecule has 0 aromatic carbocycles. The number of alkyl halides is 3. The predicted molar refractivity (Wildman–Crippen MR) is 101 cm³/mol. The second-order valence-corrected chi connectivity index (χ2v) is 8.04. The summed E-state index contributed by atoms with van der Waals surface area (Å²) < 4.78 is 41.0. The van der Waals surface area contributed by atoms with Gasteiger partial charge in [-0.2, -0.15) is 18.3 Å². The number of rotatable bonds is 5. The van der Waals surface area contributed by atoms with Gasteiger partial charge in [0.1, 0.15) is 10.7 Å². The van der Waals surface area contributed by atoms with Crippen LogP contribution in [0.2, 0.25) is 0 Å². The summed E-state index contributed by atoms with van der Waals surface area (Å²) in [5, 5.41) is 7.19. The van der Waals surface area contributed by atoms with Gasteiger partial charge in [0.25, 0.3) is 5.56 Å². The first-order valence-corrected chi connectivity index (χ1v) is 10.00. The minimum atomic E-state index is -4.52. The van der Waals surface area contributed by atoms with E-state index in [1.165, 1.54) is 27.1 Å². The van der Waals surface area contributed by atoms with Gasteiger partial charge in [-0.3, -0.25) is 9.48 Å². The molecule has 0 unspecified atom stereocenters. The Kier molecular flexibility index (Phi) is 5.00. The number of hydrogen-bond donors (Lipinski definition) is 2. The van der Waals surface area contributed by atoms with E-state index in [9.17, 15) is 18.0 Å². The van der Waals surface area contributed by atoms with Gasteiger partial charge in [0, 0.05) is 16.6 Å². The van der Waals surface area contributed by atoms with E-state index in [0.29, 0.717) is 22.6 Å². The van der Waals surface area contributed by atoms with Crippen LogP contribution in [0.3, 0.4) is 0 Å². The summed E-state index contributed by atoms with van der Waals surface area (Å²) >= 11 is 1.51. The SMILES string of the molecule is CNCCc1cn(Cc2nc3sc4c(c3c(=O)[nH]2)CCCC4)nc1C(F)(F)F. The zero-order valence-electron chi connectivity index (χ0n) is 15.3. The van der Waals surface area contributed by atoms with Gasteiger partial charge >= 0.3 is 6.18 Å². The number of aromatic nitrogens is 4. The fraction of sp³-hybridized carbons (Fsp3) is 0.500. The number of nitrogens with one attached hydrogen (secondary N) is 2. The van der Waals surface area contributed by atoms with Crippen LogP contribution in [0.5, 0.6) is 0 Å². The minimum Gasteiger partial charge on any atom is -0.319 e. The van der Waals surface area contributed by atoms with Crippen LogP contribution in [0, 0.1) is 0 Å². The highest BCUT2D eigenvalue weighted by atomic mass is 32.1. The van der Waals surface area contributed by atoms with Crippen molar-refractivity contribution in [2.24, 2.45) is 0 Å². The second kappa shape index (κ2) is 7.32. The summed E-state index contributed by atoms with van der Waals surface area (Å²) in [5.74, 6) is 0.312. The van der Waals surface area contributed by atoms with Gasteiger partial charge < -0.3 is 10.3 Å². The molecule has 0 amide bonds. The van der Waals surface area contributed by atoms with Crippen molar-refractivity contribution in [1.29, 1.82) is 0 Å². The molecule has 0 radical (unpaired) electrons. The lowest BCUT2D eigenvalue weighted by molar-refractivity contribution is -0.142. The number of halogens is 3. The molecule has 0 saturated heterocycles. The van der Waals surface area contributed by atoms with Crippen LogP contribution in [0.4, 0.5) is 13.2 Å². The molecule has 1 aliphatic carbocycles. The maximum Gasteiger partial charge on any atom is 0.435 e. The molecule has 3 aromatic heterocycles. The van der Waals surface area contributed by atoms with Crippen molar-refractivity contribution >= 4 is 21.6 Å². The quantitative estimate of drug-likeness (QED) is 0.677. The second-order valence-electron chi connectivity index (χ2n) is 6.96. The number of thiophene rings is 1. The van der Waals surface area contributed by atoms with Crippen molar-refractivity contribution in [2.45, 2.75) is 44.8 Å². The zero-order valence-corrected chi connectivity index (χ0v) is 16.1. The lowest BCUT2D eigenvalue weighted by atomic mass is 9.97. The Morgan fingerprint density at radius 3 is 2.86 bits per heavy atom. The molecule has 6 nitrogen and oxygen atoms in total. The molecule has 0 bridgehead atoms. The number of aromatic amines is 1. The predicted octanol–water partition coefficient (Wildman–Crippen LogP) is 2.89. The summed E-state index contributed by atoms with van der Waals surface area (Å²) in [6, 6.07) is 0. The van der Waals surface area contributed by atoms with Crippen LogP contribution in [0.15, 0.2) is 11.0 Å². The first-order chi connectivity index (χ1) is 13.4. The van der Waals surface area contributed by atoms with E-state index in [1.54, 1.807) is 7.05 Å². The van der Waals surface area contributed by atoms with Crippen LogP contribution in [0.1, 0.15) is 40.4 Å². The standard InChI is InChI=1S/C18H20F3N5OS/c1-22-7-6-10-8-26(25-15(10)18(19,20)21)9-13-23-16(27)14-11-4-2-3-5-12(11)28-17(14)24-13/h8,22H,2-7,9H2,1H3,(H,23,24,27). The molecule has 0 fully saturated rings. The van der Waals surface area contributed by atoms with Crippen molar-refractivity contribution < 1.29 is 13.2 Å². The van der Waals surface area contributed by atoms with E-state index in [1.807, 2.05) is 0 Å². The monoisotopic (exact) mass is 411 g/mol. The molecule has 1 aliphatic rings. The molecule has 0 spiro atoms. The maximum atomic E-state index is 13.3. The summed E-state index contributed by atoms with van der Waals surface area (Å²) in [6.45, 7) is 0.396. The average molecular weight is 411 g/mol. The zero-order chi connectivity index (χ0) is 19.9. The number of hydrogen-bond acceptors (Lipinski definition) is 5. The van der Waals surface area contributed by atoms with Gasteiger partial charge in [-0.25, -0.2) is 4.98 Å². The van der Waals surface area contributed by atoms with E-state index in [0.717, 1.165) is 31.2 Å². The Morgan fingerprint density at radius 2 is 2.11 bits per heavy atom. The minimum absolute atomic E-state index is 0.0175. The van der Waals surface area contributed by atoms with E-state index >= 15 is 0 Å². The van der Waals surface area contributed by atoms with Gasteiger partial charge in [-0.05, 0) is 51.3 Å². The number of likely N-dealkylation sites (N-methyl/N-ethyl adjacent to an activating group) is 1. The number of H-pyrrole nitrogens is 1. The Morgan fingerprint density at radius 1 is 1.32 bits per heavy atom. The molecule has 4 rings (SSSR count). The highest BCUT2D eigenvalue weighted by molar-refractivity contribution is 7.18. The van der Waals surface area contributed by atoms with Crippen molar-refractivity contribution in [1.82, 2.24) is 25.1 Å². The highest BCUT2D eigenvalue weighted by Crippen LogP contribution is 2.34. The third-order valence-corrected chi connectivity index (χ3v) is 6.12. The number of aryl methyl sites for hydroxylation is 2. The van der Waals surface area contributed by atoms with Gasteiger partial charge in [-0.15, -0.1) is 11.3 Å². The largest absolute Gasteiger partial charge is 0.435 e. The van der Waals surface area contributed by atoms with Crippen molar-refractivity contribution in [3.8, 4) is 0 Å². The molecule has 150 valence electrons. The fourth-order valence-corrected chi connectivity index (χ4v) is 4.94. The fourth-order valence-electron chi connectivity index (χ4n) is 3.66. The average Bonchev–Trinajstić information content (AvgIpc) is 3.20. The Hall–Kier alpha value is -2.20. The number of nitrogens with zero attached hydrogens (tertiary/aromatic N) is 3. The first-order valence-electron chi connectivity index (χ1n) is 9.18. The third kappa shape index (κ3) is 3.58. The lowest BCUT2D eigenvalue weighted by Crippen LogP contribution is -2.16. The summed E-state index contributed by atoms with van der Waals surface area (Å²) in [6.07, 6.45) is 1.06. The van der Waals surface area contributed by atoms with Crippen molar-refractivity contribution in [2.75, 3.05) is 13.6 Å². The molecule has 10 heteroatoms. The summed E-state index contributed by atoms with van der Waals surface area (Å²) in [7, 11) is 1.68.